The first-order valence-electron chi connectivity index (χ1n) is 6.09. The summed E-state index contributed by atoms with van der Waals surface area (Å²) < 4.78 is 15.1. The standard InChI is InChI=1S/C15H14FN3/c1-10-2-4-13(16)6-12(10)9-19-15-7-14(17)5-3-11(15)8-18-19/h2-8H,9,17H2,1H3. The summed E-state index contributed by atoms with van der Waals surface area (Å²) in [6, 6.07) is 10.5. The minimum absolute atomic E-state index is 0.225. The number of nitrogens with two attached hydrogens (primary N) is 1. The molecule has 0 fully saturated rings. The summed E-state index contributed by atoms with van der Waals surface area (Å²) in [7, 11) is 0. The zero-order valence-electron chi connectivity index (χ0n) is 10.6. The predicted octanol–water partition coefficient (Wildman–Crippen LogP) is 3.11. The highest BCUT2D eigenvalue weighted by Gasteiger charge is 2.06. The van der Waals surface area contributed by atoms with Crippen molar-refractivity contribution < 1.29 is 4.39 Å². The first-order valence-corrected chi connectivity index (χ1v) is 6.09. The van der Waals surface area contributed by atoms with E-state index in [0.717, 1.165) is 22.0 Å². The fraction of sp³-hybridized carbons (Fsp3) is 0.133. The third kappa shape index (κ3) is 2.17. The van der Waals surface area contributed by atoms with Crippen LogP contribution in [0.4, 0.5) is 10.1 Å². The molecule has 0 atom stereocenters. The van der Waals surface area contributed by atoms with Crippen molar-refractivity contribution >= 4 is 16.6 Å². The number of halogens is 1. The maximum absolute atomic E-state index is 13.3. The lowest BCUT2D eigenvalue weighted by atomic mass is 10.1. The lowest BCUT2D eigenvalue weighted by molar-refractivity contribution is 0.620. The predicted molar refractivity (Wildman–Crippen MR) is 74.4 cm³/mol. The molecule has 0 aliphatic carbocycles. The number of benzene rings is 2. The van der Waals surface area contributed by atoms with Gasteiger partial charge in [0.25, 0.3) is 0 Å². The van der Waals surface area contributed by atoms with Gasteiger partial charge in [-0.2, -0.15) is 5.10 Å². The van der Waals surface area contributed by atoms with Crippen molar-refractivity contribution in [3.8, 4) is 0 Å². The van der Waals surface area contributed by atoms with Gasteiger partial charge in [-0.25, -0.2) is 4.39 Å². The van der Waals surface area contributed by atoms with Crippen LogP contribution in [0.15, 0.2) is 42.6 Å². The first-order chi connectivity index (χ1) is 9.13. The van der Waals surface area contributed by atoms with E-state index in [4.69, 9.17) is 5.73 Å². The zero-order chi connectivity index (χ0) is 13.4. The third-order valence-corrected chi connectivity index (χ3v) is 3.30. The van der Waals surface area contributed by atoms with E-state index in [0.29, 0.717) is 12.2 Å². The minimum Gasteiger partial charge on any atom is -0.399 e. The van der Waals surface area contributed by atoms with Gasteiger partial charge >= 0.3 is 0 Å². The van der Waals surface area contributed by atoms with Crippen molar-refractivity contribution in [3.63, 3.8) is 0 Å². The molecule has 0 bridgehead atoms. The van der Waals surface area contributed by atoms with Crippen LogP contribution in [0.1, 0.15) is 11.1 Å². The van der Waals surface area contributed by atoms with Crippen LogP contribution < -0.4 is 5.73 Å². The molecular formula is C15H14FN3. The molecule has 0 radical (unpaired) electrons. The Morgan fingerprint density at radius 3 is 2.89 bits per heavy atom. The summed E-state index contributed by atoms with van der Waals surface area (Å²) in [5, 5.41) is 5.37. The topological polar surface area (TPSA) is 43.8 Å². The highest BCUT2D eigenvalue weighted by atomic mass is 19.1. The second kappa shape index (κ2) is 4.39. The van der Waals surface area contributed by atoms with Crippen LogP contribution in [0.3, 0.4) is 0 Å². The summed E-state index contributed by atoms with van der Waals surface area (Å²) in [5.41, 5.74) is 9.43. The lowest BCUT2D eigenvalue weighted by Crippen LogP contribution is -2.03. The number of hydrogen-bond acceptors (Lipinski definition) is 2. The van der Waals surface area contributed by atoms with Crippen molar-refractivity contribution in [1.82, 2.24) is 9.78 Å². The number of nitrogens with zero attached hydrogens (tertiary/aromatic N) is 2. The first kappa shape index (κ1) is 11.7. The largest absolute Gasteiger partial charge is 0.399 e. The number of anilines is 1. The summed E-state index contributed by atoms with van der Waals surface area (Å²) in [5.74, 6) is -0.225. The minimum atomic E-state index is -0.225. The Morgan fingerprint density at radius 2 is 2.05 bits per heavy atom. The fourth-order valence-electron chi connectivity index (χ4n) is 2.19. The van der Waals surface area contributed by atoms with E-state index >= 15 is 0 Å². The van der Waals surface area contributed by atoms with Gasteiger partial charge in [-0.15, -0.1) is 0 Å². The number of hydrogen-bond donors (Lipinski definition) is 1. The number of aryl methyl sites for hydroxylation is 1. The smallest absolute Gasteiger partial charge is 0.123 e. The van der Waals surface area contributed by atoms with E-state index in [1.165, 1.54) is 6.07 Å². The van der Waals surface area contributed by atoms with Crippen molar-refractivity contribution in [2.24, 2.45) is 0 Å². The van der Waals surface area contributed by atoms with Gasteiger partial charge in [-0.05, 0) is 48.4 Å². The molecule has 3 aromatic rings. The number of aromatic nitrogens is 2. The highest BCUT2D eigenvalue weighted by molar-refractivity contribution is 5.81. The van der Waals surface area contributed by atoms with Crippen molar-refractivity contribution in [3.05, 3.63) is 59.5 Å². The van der Waals surface area contributed by atoms with Gasteiger partial charge < -0.3 is 5.73 Å². The van der Waals surface area contributed by atoms with E-state index in [2.05, 4.69) is 5.10 Å². The van der Waals surface area contributed by atoms with Crippen LogP contribution >= 0.6 is 0 Å². The summed E-state index contributed by atoms with van der Waals surface area (Å²) in [6.45, 7) is 2.51. The molecule has 0 saturated heterocycles. The maximum atomic E-state index is 13.3. The Bertz CT molecular complexity index is 746. The average Bonchev–Trinajstić information content (AvgIpc) is 2.77. The van der Waals surface area contributed by atoms with E-state index in [9.17, 15) is 4.39 Å². The molecule has 96 valence electrons. The van der Waals surface area contributed by atoms with Gasteiger partial charge in [0.05, 0.1) is 18.3 Å². The molecule has 0 aliphatic heterocycles. The molecule has 2 aromatic carbocycles. The third-order valence-electron chi connectivity index (χ3n) is 3.30. The molecule has 2 N–H and O–H groups in total. The quantitative estimate of drug-likeness (QED) is 0.715. The summed E-state index contributed by atoms with van der Waals surface area (Å²) in [4.78, 5) is 0. The van der Waals surface area contributed by atoms with E-state index in [-0.39, 0.29) is 5.82 Å². The van der Waals surface area contributed by atoms with Gasteiger partial charge in [0.2, 0.25) is 0 Å². The molecule has 0 aliphatic rings. The molecule has 3 rings (SSSR count). The van der Waals surface area contributed by atoms with Crippen molar-refractivity contribution in [1.29, 1.82) is 0 Å². The summed E-state index contributed by atoms with van der Waals surface area (Å²) >= 11 is 0. The molecule has 0 amide bonds. The second-order valence-electron chi connectivity index (χ2n) is 4.69. The number of rotatable bonds is 2. The number of nitrogen functional groups attached to an aromatic ring is 1. The molecular weight excluding hydrogens is 241 g/mol. The Morgan fingerprint density at radius 1 is 1.21 bits per heavy atom. The molecule has 4 heteroatoms. The normalized spacial score (nSPS) is 11.1. The monoisotopic (exact) mass is 255 g/mol. The molecule has 0 unspecified atom stereocenters. The Labute approximate surface area is 110 Å². The fourth-order valence-corrected chi connectivity index (χ4v) is 2.19. The van der Waals surface area contributed by atoms with Gasteiger partial charge in [0.1, 0.15) is 5.82 Å². The molecule has 1 heterocycles. The van der Waals surface area contributed by atoms with Crippen LogP contribution in [-0.2, 0) is 6.54 Å². The van der Waals surface area contributed by atoms with E-state index < -0.39 is 0 Å². The molecule has 3 nitrogen and oxygen atoms in total. The van der Waals surface area contributed by atoms with Crippen LogP contribution in [0.25, 0.3) is 10.9 Å². The van der Waals surface area contributed by atoms with Gasteiger partial charge in [-0.3, -0.25) is 4.68 Å². The molecule has 0 spiro atoms. The Kier molecular flexibility index (Phi) is 2.71. The van der Waals surface area contributed by atoms with Crippen LogP contribution in [-0.4, -0.2) is 9.78 Å². The van der Waals surface area contributed by atoms with Crippen LogP contribution in [0, 0.1) is 12.7 Å². The van der Waals surface area contributed by atoms with E-state index in [1.807, 2.05) is 29.8 Å². The molecule has 0 saturated carbocycles. The second-order valence-corrected chi connectivity index (χ2v) is 4.69. The zero-order valence-corrected chi connectivity index (χ0v) is 10.6. The van der Waals surface area contributed by atoms with Crippen LogP contribution in [0.5, 0.6) is 0 Å². The Hall–Kier alpha value is -2.36. The lowest BCUT2D eigenvalue weighted by Gasteiger charge is -2.08. The maximum Gasteiger partial charge on any atom is 0.123 e. The van der Waals surface area contributed by atoms with Crippen molar-refractivity contribution in [2.45, 2.75) is 13.5 Å². The molecule has 19 heavy (non-hydrogen) atoms. The van der Waals surface area contributed by atoms with Gasteiger partial charge in [0, 0.05) is 11.1 Å². The SMILES string of the molecule is Cc1ccc(F)cc1Cn1ncc2ccc(N)cc21. The van der Waals surface area contributed by atoms with E-state index in [1.54, 1.807) is 18.3 Å². The molecule has 1 aromatic heterocycles. The summed E-state index contributed by atoms with van der Waals surface area (Å²) in [6.07, 6.45) is 1.80. The van der Waals surface area contributed by atoms with Crippen molar-refractivity contribution in [2.75, 3.05) is 5.73 Å². The van der Waals surface area contributed by atoms with Gasteiger partial charge in [0.15, 0.2) is 0 Å². The highest BCUT2D eigenvalue weighted by Crippen LogP contribution is 2.19. The average molecular weight is 255 g/mol. The Balaban J connectivity index is 2.05. The van der Waals surface area contributed by atoms with Crippen LogP contribution in [0.2, 0.25) is 0 Å². The number of fused-ring (bicyclic) bond motifs is 1. The van der Waals surface area contributed by atoms with Gasteiger partial charge in [-0.1, -0.05) is 6.07 Å².